The lowest BCUT2D eigenvalue weighted by Crippen LogP contribution is -2.17. The molecule has 0 amide bonds. The molecule has 0 bridgehead atoms. The smallest absolute Gasteiger partial charge is 0.404 e. The predicted octanol–water partition coefficient (Wildman–Crippen LogP) is 3.38. The van der Waals surface area contributed by atoms with Gasteiger partial charge in [0, 0.05) is 10.5 Å². The molecule has 0 radical (unpaired) electrons. The summed E-state index contributed by atoms with van der Waals surface area (Å²) < 4.78 is 43.7. The van der Waals surface area contributed by atoms with Crippen molar-refractivity contribution in [2.24, 2.45) is 4.99 Å². The van der Waals surface area contributed by atoms with Crippen LogP contribution in [0.5, 0.6) is 5.75 Å². The van der Waals surface area contributed by atoms with Gasteiger partial charge in [-0.05, 0) is 22.5 Å². The van der Waals surface area contributed by atoms with Gasteiger partial charge in [0.1, 0.15) is 5.75 Å². The Bertz CT molecular complexity index is 593. The summed E-state index contributed by atoms with van der Waals surface area (Å²) in [6.45, 7) is 0. The van der Waals surface area contributed by atoms with Gasteiger partial charge in [0.05, 0.1) is 6.20 Å². The first-order valence-electron chi connectivity index (χ1n) is 4.32. The van der Waals surface area contributed by atoms with Gasteiger partial charge in [-0.25, -0.2) is 9.98 Å². The highest BCUT2D eigenvalue weighted by Gasteiger charge is 2.31. The molecule has 0 unspecified atom stereocenters. The SMILES string of the molecule is FC(F)(F)Oc1ccc(N=c2ssnc2Cl)nc1. The molecule has 18 heavy (non-hydrogen) atoms. The van der Waals surface area contributed by atoms with Crippen LogP contribution in [0.1, 0.15) is 0 Å². The van der Waals surface area contributed by atoms with Crippen molar-refractivity contribution in [3.63, 3.8) is 0 Å². The van der Waals surface area contributed by atoms with Crippen molar-refractivity contribution < 1.29 is 17.9 Å². The normalized spacial score (nSPS) is 12.8. The number of alkyl halides is 3. The van der Waals surface area contributed by atoms with Crippen LogP contribution in [0.15, 0.2) is 23.3 Å². The van der Waals surface area contributed by atoms with Crippen LogP contribution in [0.2, 0.25) is 5.15 Å². The van der Waals surface area contributed by atoms with E-state index in [1.54, 1.807) is 0 Å². The Morgan fingerprint density at radius 3 is 2.61 bits per heavy atom. The molecule has 0 aliphatic rings. The molecular formula is C8H3ClF3N3OS2. The molecule has 0 aromatic carbocycles. The average molecular weight is 314 g/mol. The van der Waals surface area contributed by atoms with Crippen molar-refractivity contribution >= 4 is 38.3 Å². The highest BCUT2D eigenvalue weighted by molar-refractivity contribution is 7.66. The summed E-state index contributed by atoms with van der Waals surface area (Å²) in [5.41, 5.74) is 0. The van der Waals surface area contributed by atoms with Crippen molar-refractivity contribution in [2.45, 2.75) is 6.36 Å². The minimum atomic E-state index is -4.73. The van der Waals surface area contributed by atoms with Crippen molar-refractivity contribution in [3.05, 3.63) is 28.2 Å². The molecule has 0 aliphatic carbocycles. The third kappa shape index (κ3) is 3.65. The molecule has 0 atom stereocenters. The van der Waals surface area contributed by atoms with Crippen LogP contribution in [0.4, 0.5) is 19.0 Å². The van der Waals surface area contributed by atoms with E-state index in [0.29, 0.717) is 4.67 Å². The first kappa shape index (κ1) is 13.2. The first-order chi connectivity index (χ1) is 8.44. The van der Waals surface area contributed by atoms with Crippen LogP contribution in [-0.2, 0) is 0 Å². The summed E-state index contributed by atoms with van der Waals surface area (Å²) >= 11 is 5.72. The van der Waals surface area contributed by atoms with E-state index in [2.05, 4.69) is 19.1 Å². The molecule has 0 spiro atoms. The van der Waals surface area contributed by atoms with Gasteiger partial charge in [0.2, 0.25) is 0 Å². The fraction of sp³-hybridized carbons (Fsp3) is 0.125. The number of halogens is 4. The molecule has 96 valence electrons. The molecular weight excluding hydrogens is 311 g/mol. The molecule has 0 N–H and O–H groups in total. The Balaban J connectivity index is 2.21. The minimum Gasteiger partial charge on any atom is -0.404 e. The largest absolute Gasteiger partial charge is 0.573 e. The molecule has 2 rings (SSSR count). The van der Waals surface area contributed by atoms with Crippen LogP contribution < -0.4 is 9.41 Å². The molecule has 0 saturated carbocycles. The average Bonchev–Trinajstić information content (AvgIpc) is 2.65. The Hall–Kier alpha value is -1.19. The van der Waals surface area contributed by atoms with E-state index >= 15 is 0 Å². The van der Waals surface area contributed by atoms with Crippen molar-refractivity contribution in [2.75, 3.05) is 0 Å². The standard InChI is InChI=1S/C8H3ClF3N3OS2/c9-6-7(17-18-15-6)14-5-2-1-4(3-13-5)16-8(10,11)12/h1-3H. The van der Waals surface area contributed by atoms with Gasteiger partial charge in [0.25, 0.3) is 0 Å². The molecule has 4 nitrogen and oxygen atoms in total. The third-order valence-electron chi connectivity index (χ3n) is 1.58. The number of ether oxygens (including phenoxy) is 1. The maximum Gasteiger partial charge on any atom is 0.573 e. The van der Waals surface area contributed by atoms with Gasteiger partial charge in [0.15, 0.2) is 15.6 Å². The highest BCUT2D eigenvalue weighted by Crippen LogP contribution is 2.23. The lowest BCUT2D eigenvalue weighted by Gasteiger charge is -2.07. The van der Waals surface area contributed by atoms with Gasteiger partial charge in [-0.1, -0.05) is 11.6 Å². The first-order valence-corrected chi connectivity index (χ1v) is 6.80. The van der Waals surface area contributed by atoms with Crippen LogP contribution in [-0.4, -0.2) is 15.7 Å². The molecule has 0 aliphatic heterocycles. The van der Waals surface area contributed by atoms with E-state index in [4.69, 9.17) is 11.6 Å². The Morgan fingerprint density at radius 1 is 1.33 bits per heavy atom. The minimum absolute atomic E-state index is 0.225. The van der Waals surface area contributed by atoms with Crippen LogP contribution >= 0.6 is 32.5 Å². The summed E-state index contributed by atoms with van der Waals surface area (Å²) in [6.07, 6.45) is -3.80. The Morgan fingerprint density at radius 2 is 2.11 bits per heavy atom. The Labute approximate surface area is 111 Å². The van der Waals surface area contributed by atoms with E-state index in [1.807, 2.05) is 0 Å². The second kappa shape index (κ2) is 5.21. The predicted molar refractivity (Wildman–Crippen MR) is 61.1 cm³/mol. The van der Waals surface area contributed by atoms with Crippen LogP contribution in [0, 0.1) is 0 Å². The summed E-state index contributed by atoms with van der Waals surface area (Å²) in [6, 6.07) is 2.42. The second-order valence-electron chi connectivity index (χ2n) is 2.86. The van der Waals surface area contributed by atoms with Gasteiger partial charge < -0.3 is 4.74 Å². The van der Waals surface area contributed by atoms with E-state index < -0.39 is 12.1 Å². The second-order valence-corrected chi connectivity index (χ2v) is 5.05. The lowest BCUT2D eigenvalue weighted by molar-refractivity contribution is -0.274. The number of hydrogen-bond donors (Lipinski definition) is 0. The zero-order valence-corrected chi connectivity index (χ0v) is 10.7. The summed E-state index contributed by atoms with van der Waals surface area (Å²) in [5.74, 6) is -0.178. The zero-order chi connectivity index (χ0) is 13.2. The molecule has 10 heteroatoms. The van der Waals surface area contributed by atoms with E-state index in [9.17, 15) is 13.2 Å². The van der Waals surface area contributed by atoms with Crippen molar-refractivity contribution in [1.29, 1.82) is 0 Å². The lowest BCUT2D eigenvalue weighted by atomic mass is 10.4. The van der Waals surface area contributed by atoms with E-state index in [1.165, 1.54) is 16.4 Å². The fourth-order valence-corrected chi connectivity index (χ4v) is 2.94. The van der Waals surface area contributed by atoms with Gasteiger partial charge >= 0.3 is 6.36 Å². The summed E-state index contributed by atoms with van der Waals surface area (Å²) in [7, 11) is 2.40. The Kier molecular flexibility index (Phi) is 3.83. The van der Waals surface area contributed by atoms with E-state index in [0.717, 1.165) is 22.8 Å². The quantitative estimate of drug-likeness (QED) is 0.799. The molecule has 2 aromatic rings. The molecule has 2 aromatic heterocycles. The number of aromatic nitrogens is 2. The fourth-order valence-electron chi connectivity index (χ4n) is 0.962. The molecule has 2 heterocycles. The van der Waals surface area contributed by atoms with Crippen LogP contribution in [0.25, 0.3) is 0 Å². The number of nitrogens with zero attached hydrogens (tertiary/aromatic N) is 3. The number of rotatable bonds is 2. The van der Waals surface area contributed by atoms with Crippen LogP contribution in [0.3, 0.4) is 0 Å². The molecule has 0 fully saturated rings. The third-order valence-corrected chi connectivity index (χ3v) is 3.75. The maximum atomic E-state index is 11.9. The van der Waals surface area contributed by atoms with Gasteiger partial charge in [-0.3, -0.25) is 0 Å². The summed E-state index contributed by atoms with van der Waals surface area (Å²) in [4.78, 5) is 7.74. The highest BCUT2D eigenvalue weighted by atomic mass is 35.5. The maximum absolute atomic E-state index is 11.9. The number of hydrogen-bond acceptors (Lipinski definition) is 6. The van der Waals surface area contributed by atoms with Crippen molar-refractivity contribution in [1.82, 2.24) is 9.36 Å². The molecule has 0 saturated heterocycles. The summed E-state index contributed by atoms with van der Waals surface area (Å²) in [5, 5.41) is 0.238. The monoisotopic (exact) mass is 313 g/mol. The van der Waals surface area contributed by atoms with E-state index in [-0.39, 0.29) is 11.0 Å². The number of pyridine rings is 1. The van der Waals surface area contributed by atoms with Gasteiger partial charge in [-0.2, -0.15) is 4.37 Å². The van der Waals surface area contributed by atoms with Gasteiger partial charge in [-0.15, -0.1) is 13.2 Å². The van der Waals surface area contributed by atoms with Crippen molar-refractivity contribution in [3.8, 4) is 5.75 Å². The topological polar surface area (TPSA) is 47.4 Å². The zero-order valence-electron chi connectivity index (χ0n) is 8.31.